The topological polar surface area (TPSA) is 88.7 Å². The van der Waals surface area contributed by atoms with Crippen LogP contribution in [0.25, 0.3) is 0 Å². The smallest absolute Gasteiger partial charge is 0.239 e. The molecule has 6 nitrogen and oxygen atoms in total. The minimum absolute atomic E-state index is 0.142. The second kappa shape index (κ2) is 6.95. The third kappa shape index (κ3) is 3.59. The molecule has 0 amide bonds. The lowest BCUT2D eigenvalue weighted by Crippen LogP contribution is -2.50. The molecule has 2 heterocycles. The van der Waals surface area contributed by atoms with E-state index in [9.17, 15) is 12.8 Å². The monoisotopic (exact) mass is 436 g/mol. The van der Waals surface area contributed by atoms with Crippen LogP contribution in [0.2, 0.25) is 5.15 Å². The average molecular weight is 437 g/mol. The van der Waals surface area contributed by atoms with Gasteiger partial charge < -0.3 is 5.73 Å². The SMILES string of the molecule is CN1C(N)=N[C@](C)(c2cc(C[C@H]3CCc4nc(Cl)ccc43)ccc2F)CS1(=O)=O. The zero-order chi connectivity index (χ0) is 21.0. The summed E-state index contributed by atoms with van der Waals surface area (Å²) in [4.78, 5) is 8.71. The summed E-state index contributed by atoms with van der Waals surface area (Å²) in [5.41, 5.74) is 7.86. The number of nitrogens with two attached hydrogens (primary N) is 1. The van der Waals surface area contributed by atoms with Gasteiger partial charge in [-0.2, -0.15) is 0 Å². The molecule has 0 unspecified atom stereocenters. The van der Waals surface area contributed by atoms with Gasteiger partial charge in [0.25, 0.3) is 0 Å². The standard InChI is InChI=1S/C20H22ClFN4O2S/c1-20(11-29(27,28)26(2)19(23)25-20)15-10-12(3-6-16(15)22)9-13-4-7-17-14(13)5-8-18(21)24-17/h3,5-6,8,10,13H,4,7,9,11H2,1-2H3,(H2,23,25)/t13-,20+/m1/s1. The lowest BCUT2D eigenvalue weighted by molar-refractivity contribution is 0.457. The highest BCUT2D eigenvalue weighted by Gasteiger charge is 2.41. The summed E-state index contributed by atoms with van der Waals surface area (Å²) >= 11 is 5.99. The molecule has 0 saturated carbocycles. The third-order valence-electron chi connectivity index (χ3n) is 5.80. The Balaban J connectivity index is 1.68. The Bertz CT molecular complexity index is 1120. The van der Waals surface area contributed by atoms with Crippen LogP contribution in [0.1, 0.15) is 41.6 Å². The molecular weight excluding hydrogens is 415 g/mol. The number of rotatable bonds is 3. The Morgan fingerprint density at radius 3 is 2.83 bits per heavy atom. The first-order valence-corrected chi connectivity index (χ1v) is 11.3. The van der Waals surface area contributed by atoms with E-state index in [1.807, 2.05) is 6.07 Å². The fourth-order valence-corrected chi connectivity index (χ4v) is 5.84. The maximum absolute atomic E-state index is 14.7. The normalized spacial score (nSPS) is 25.6. The van der Waals surface area contributed by atoms with Gasteiger partial charge in [-0.1, -0.05) is 29.8 Å². The fraction of sp³-hybridized carbons (Fsp3) is 0.400. The van der Waals surface area contributed by atoms with Gasteiger partial charge in [0.2, 0.25) is 16.0 Å². The molecule has 1 aliphatic carbocycles. The maximum atomic E-state index is 14.7. The zero-order valence-corrected chi connectivity index (χ0v) is 17.8. The molecular formula is C20H22ClFN4O2S. The molecule has 4 rings (SSSR count). The molecule has 2 N–H and O–H groups in total. The Morgan fingerprint density at radius 2 is 2.10 bits per heavy atom. The Labute approximate surface area is 174 Å². The van der Waals surface area contributed by atoms with E-state index < -0.39 is 21.4 Å². The highest BCUT2D eigenvalue weighted by Crippen LogP contribution is 2.38. The molecule has 0 fully saturated rings. The van der Waals surface area contributed by atoms with Crippen LogP contribution >= 0.6 is 11.6 Å². The number of fused-ring (bicyclic) bond motifs is 1. The summed E-state index contributed by atoms with van der Waals surface area (Å²) in [6.45, 7) is 1.60. The van der Waals surface area contributed by atoms with Crippen LogP contribution in [0.3, 0.4) is 0 Å². The van der Waals surface area contributed by atoms with Crippen LogP contribution in [0, 0.1) is 5.82 Å². The van der Waals surface area contributed by atoms with Gasteiger partial charge in [-0.15, -0.1) is 0 Å². The van der Waals surface area contributed by atoms with Crippen LogP contribution in [-0.2, 0) is 28.4 Å². The van der Waals surface area contributed by atoms with Crippen molar-refractivity contribution in [2.45, 2.75) is 37.6 Å². The number of hydrogen-bond donors (Lipinski definition) is 1. The van der Waals surface area contributed by atoms with E-state index in [1.165, 1.54) is 13.1 Å². The lowest BCUT2D eigenvalue weighted by Gasteiger charge is -2.34. The predicted octanol–water partition coefficient (Wildman–Crippen LogP) is 2.95. The summed E-state index contributed by atoms with van der Waals surface area (Å²) in [6.07, 6.45) is 2.50. The Kier molecular flexibility index (Phi) is 4.82. The number of aromatic nitrogens is 1. The first kappa shape index (κ1) is 20.1. The molecule has 1 aliphatic heterocycles. The Morgan fingerprint density at radius 1 is 1.34 bits per heavy atom. The molecule has 1 aromatic carbocycles. The van der Waals surface area contributed by atoms with Crippen LogP contribution < -0.4 is 5.73 Å². The van der Waals surface area contributed by atoms with Gasteiger partial charge in [0.1, 0.15) is 16.5 Å². The van der Waals surface area contributed by atoms with Gasteiger partial charge in [0.05, 0.1) is 5.75 Å². The van der Waals surface area contributed by atoms with Crippen molar-refractivity contribution in [3.05, 3.63) is 63.7 Å². The number of halogens is 2. The van der Waals surface area contributed by atoms with Crippen molar-refractivity contribution in [1.29, 1.82) is 0 Å². The number of benzene rings is 1. The molecule has 1 aromatic heterocycles. The third-order valence-corrected chi connectivity index (χ3v) is 7.96. The largest absolute Gasteiger partial charge is 0.369 e. The van der Waals surface area contributed by atoms with Crippen LogP contribution in [-0.4, -0.2) is 36.5 Å². The van der Waals surface area contributed by atoms with Crippen molar-refractivity contribution < 1.29 is 12.8 Å². The van der Waals surface area contributed by atoms with Crippen LogP contribution in [0.5, 0.6) is 0 Å². The van der Waals surface area contributed by atoms with E-state index >= 15 is 0 Å². The Hall–Kier alpha value is -2.19. The first-order valence-electron chi connectivity index (χ1n) is 9.35. The highest BCUT2D eigenvalue weighted by atomic mass is 35.5. The van der Waals surface area contributed by atoms with E-state index in [0.717, 1.165) is 34.0 Å². The molecule has 0 radical (unpaired) electrons. The predicted molar refractivity (Wildman–Crippen MR) is 111 cm³/mol. The number of guanidine groups is 1. The number of aliphatic imine (C=N–C) groups is 1. The number of hydrogen-bond acceptors (Lipinski definition) is 5. The minimum Gasteiger partial charge on any atom is -0.369 e. The zero-order valence-electron chi connectivity index (χ0n) is 16.2. The van der Waals surface area contributed by atoms with Crippen LogP contribution in [0.4, 0.5) is 4.39 Å². The van der Waals surface area contributed by atoms with Gasteiger partial charge in [0, 0.05) is 18.3 Å². The van der Waals surface area contributed by atoms with E-state index in [-0.39, 0.29) is 23.2 Å². The summed E-state index contributed by atoms with van der Waals surface area (Å²) in [5.74, 6) is -0.716. The number of aryl methyl sites for hydroxylation is 1. The van der Waals surface area contributed by atoms with Gasteiger partial charge in [-0.3, -0.25) is 0 Å². The highest BCUT2D eigenvalue weighted by molar-refractivity contribution is 7.89. The van der Waals surface area contributed by atoms with Crippen molar-refractivity contribution in [3.8, 4) is 0 Å². The summed E-state index contributed by atoms with van der Waals surface area (Å²) in [6, 6.07) is 8.62. The van der Waals surface area contributed by atoms with E-state index in [1.54, 1.807) is 25.1 Å². The summed E-state index contributed by atoms with van der Waals surface area (Å²) in [5, 5.41) is 0.486. The molecule has 9 heteroatoms. The maximum Gasteiger partial charge on any atom is 0.239 e. The number of sulfonamides is 1. The molecule has 2 aliphatic rings. The lowest BCUT2D eigenvalue weighted by atomic mass is 9.88. The molecule has 0 bridgehead atoms. The number of pyridine rings is 1. The summed E-state index contributed by atoms with van der Waals surface area (Å²) in [7, 11) is -2.33. The van der Waals surface area contributed by atoms with Gasteiger partial charge in [-0.05, 0) is 55.4 Å². The molecule has 0 spiro atoms. The first-order chi connectivity index (χ1) is 13.6. The van der Waals surface area contributed by atoms with Crippen molar-refractivity contribution in [2.75, 3.05) is 12.8 Å². The van der Waals surface area contributed by atoms with Crippen LogP contribution in [0.15, 0.2) is 35.3 Å². The van der Waals surface area contributed by atoms with Crippen molar-refractivity contribution in [2.24, 2.45) is 10.7 Å². The van der Waals surface area contributed by atoms with Crippen molar-refractivity contribution in [1.82, 2.24) is 9.29 Å². The molecule has 29 heavy (non-hydrogen) atoms. The van der Waals surface area contributed by atoms with Crippen molar-refractivity contribution in [3.63, 3.8) is 0 Å². The molecule has 2 atom stereocenters. The van der Waals surface area contributed by atoms with Gasteiger partial charge in [0.15, 0.2) is 0 Å². The van der Waals surface area contributed by atoms with E-state index in [0.29, 0.717) is 11.6 Å². The fourth-order valence-electron chi connectivity index (χ4n) is 4.22. The van der Waals surface area contributed by atoms with Crippen molar-refractivity contribution >= 4 is 27.6 Å². The molecule has 154 valence electrons. The molecule has 0 saturated heterocycles. The summed E-state index contributed by atoms with van der Waals surface area (Å²) < 4.78 is 40.6. The second-order valence-electron chi connectivity index (χ2n) is 7.89. The molecule has 2 aromatic rings. The van der Waals surface area contributed by atoms with Gasteiger partial charge in [-0.25, -0.2) is 27.1 Å². The van der Waals surface area contributed by atoms with E-state index in [2.05, 4.69) is 9.98 Å². The second-order valence-corrected chi connectivity index (χ2v) is 10.3. The number of nitrogens with zero attached hydrogens (tertiary/aromatic N) is 3. The quantitative estimate of drug-likeness (QED) is 0.749. The van der Waals surface area contributed by atoms with Gasteiger partial charge >= 0.3 is 0 Å². The van der Waals surface area contributed by atoms with E-state index in [4.69, 9.17) is 17.3 Å². The average Bonchev–Trinajstić information content (AvgIpc) is 3.02. The minimum atomic E-state index is -3.67.